The van der Waals surface area contributed by atoms with E-state index < -0.39 is 12.2 Å². The van der Waals surface area contributed by atoms with Gasteiger partial charge in [0.25, 0.3) is 0 Å². The lowest BCUT2D eigenvalue weighted by molar-refractivity contribution is -0.127. The minimum Gasteiger partial charge on any atom is -0.372 e. The highest BCUT2D eigenvalue weighted by molar-refractivity contribution is 5.82. The van der Waals surface area contributed by atoms with Crippen molar-refractivity contribution >= 4 is 11.5 Å². The summed E-state index contributed by atoms with van der Waals surface area (Å²) in [6, 6.07) is 8.69. The summed E-state index contributed by atoms with van der Waals surface area (Å²) < 4.78 is 15.9. The molecule has 4 nitrogen and oxygen atoms in total. The zero-order chi connectivity index (χ0) is 27.1. The van der Waals surface area contributed by atoms with E-state index in [0.29, 0.717) is 37.4 Å². The first-order valence-corrected chi connectivity index (χ1v) is 15.1. The molecule has 1 aromatic rings. The monoisotopic (exact) mass is 528 g/mol. The van der Waals surface area contributed by atoms with Crippen molar-refractivity contribution in [2.75, 3.05) is 18.0 Å². The number of nitroso groups, excluding NO2 is 1. The number of hydrogen-bond acceptors (Lipinski definition) is 4. The van der Waals surface area contributed by atoms with Gasteiger partial charge in [-0.25, -0.2) is 4.39 Å². The Balaban J connectivity index is 1.41. The van der Waals surface area contributed by atoms with Crippen LogP contribution in [0.25, 0.3) is 0 Å². The van der Waals surface area contributed by atoms with E-state index in [1.165, 1.54) is 29.7 Å². The molecule has 0 N–H and O–H groups in total. The Morgan fingerprint density at radius 2 is 1.92 bits per heavy atom. The molecule has 5 heteroatoms. The highest BCUT2D eigenvalue weighted by Gasteiger charge is 2.58. The molecule has 1 heterocycles. The maximum absolute atomic E-state index is 15.9. The van der Waals surface area contributed by atoms with Crippen LogP contribution in [0.5, 0.6) is 0 Å². The normalized spacial score (nSPS) is 35.4. The predicted molar refractivity (Wildman–Crippen MR) is 154 cm³/mol. The van der Waals surface area contributed by atoms with Crippen molar-refractivity contribution in [2.24, 2.45) is 28.3 Å². The van der Waals surface area contributed by atoms with Gasteiger partial charge in [-0.1, -0.05) is 35.9 Å². The third-order valence-corrected chi connectivity index (χ3v) is 10.8. The van der Waals surface area contributed by atoms with Gasteiger partial charge in [0.15, 0.2) is 0 Å². The van der Waals surface area contributed by atoms with Gasteiger partial charge in [-0.05, 0) is 104 Å². The van der Waals surface area contributed by atoms with Gasteiger partial charge >= 0.3 is 0 Å². The molecule has 206 valence electrons. The Morgan fingerprint density at radius 3 is 2.64 bits per heavy atom. The van der Waals surface area contributed by atoms with Gasteiger partial charge in [0, 0.05) is 43.5 Å². The second kappa shape index (κ2) is 10.7. The molecule has 7 atom stereocenters. The molecule has 0 aromatic heterocycles. The van der Waals surface area contributed by atoms with Crippen LogP contribution < -0.4 is 4.90 Å². The molecule has 1 aliphatic heterocycles. The molecular weight excluding hydrogens is 487 g/mol. The summed E-state index contributed by atoms with van der Waals surface area (Å²) in [7, 11) is 0. The molecule has 2 unspecified atom stereocenters. The molecule has 2 saturated carbocycles. The van der Waals surface area contributed by atoms with Crippen LogP contribution in [0.3, 0.4) is 0 Å². The lowest BCUT2D eigenvalue weighted by atomic mass is 9.51. The van der Waals surface area contributed by atoms with Gasteiger partial charge in [0.05, 0.1) is 0 Å². The first kappa shape index (κ1) is 26.5. The van der Waals surface area contributed by atoms with Gasteiger partial charge < -0.3 is 4.90 Å². The first-order valence-electron chi connectivity index (χ1n) is 15.1. The number of allylic oxidation sites excluding steroid dienone is 3. The zero-order valence-corrected chi connectivity index (χ0v) is 23.4. The molecule has 3 fully saturated rings. The van der Waals surface area contributed by atoms with E-state index in [1.54, 1.807) is 0 Å². The number of Topliss-reactive ketones (excluding diaryl/α,β-unsaturated/α-hetero) is 1. The molecule has 0 bridgehead atoms. The third-order valence-electron chi connectivity index (χ3n) is 10.8. The van der Waals surface area contributed by atoms with Crippen molar-refractivity contribution in [3.8, 4) is 11.8 Å². The molecule has 6 rings (SSSR count). The van der Waals surface area contributed by atoms with Gasteiger partial charge in [-0.3, -0.25) is 4.79 Å². The largest absolute Gasteiger partial charge is 0.372 e. The molecule has 1 saturated heterocycles. The number of halogens is 1. The first-order chi connectivity index (χ1) is 18.9. The summed E-state index contributed by atoms with van der Waals surface area (Å²) in [6.07, 6.45) is 9.03. The molecule has 39 heavy (non-hydrogen) atoms. The number of rotatable bonds is 6. The van der Waals surface area contributed by atoms with Gasteiger partial charge in [0.1, 0.15) is 18.0 Å². The fourth-order valence-corrected chi connectivity index (χ4v) is 9.04. The maximum Gasteiger partial charge on any atom is 0.137 e. The maximum atomic E-state index is 15.9. The van der Waals surface area contributed by atoms with Crippen molar-refractivity contribution in [3.63, 3.8) is 0 Å². The van der Waals surface area contributed by atoms with Crippen LogP contribution in [0.15, 0.2) is 52.2 Å². The Bertz CT molecular complexity index is 1250. The van der Waals surface area contributed by atoms with Crippen molar-refractivity contribution in [1.82, 2.24) is 0 Å². The Hall–Kier alpha value is -2.74. The number of benzene rings is 1. The lowest BCUT2D eigenvalue weighted by Gasteiger charge is -2.53. The van der Waals surface area contributed by atoms with E-state index in [0.717, 1.165) is 49.9 Å². The number of hydrogen-bond donors (Lipinski definition) is 0. The summed E-state index contributed by atoms with van der Waals surface area (Å²) in [5.74, 6) is 6.98. The van der Waals surface area contributed by atoms with Gasteiger partial charge in [-0.15, -0.1) is 11.8 Å². The SMILES string of the molecule is CC#CCCC(=O)[C@H]1CC[C@H]2[C@@H]3CC(F)C4=CC(N=O)CCC4=C3[C@@H](c3ccc(N4CCCC4)cc3)C[C@]12C. The summed E-state index contributed by atoms with van der Waals surface area (Å²) >= 11 is 0. The van der Waals surface area contributed by atoms with Crippen LogP contribution in [0.2, 0.25) is 0 Å². The van der Waals surface area contributed by atoms with E-state index >= 15 is 4.39 Å². The molecule has 0 amide bonds. The van der Waals surface area contributed by atoms with E-state index in [1.807, 2.05) is 13.0 Å². The number of alkyl halides is 1. The van der Waals surface area contributed by atoms with E-state index in [2.05, 4.69) is 53.1 Å². The van der Waals surface area contributed by atoms with E-state index in [-0.39, 0.29) is 23.2 Å². The highest BCUT2D eigenvalue weighted by atomic mass is 19.1. The van der Waals surface area contributed by atoms with E-state index in [4.69, 9.17) is 0 Å². The quantitative estimate of drug-likeness (QED) is 0.281. The summed E-state index contributed by atoms with van der Waals surface area (Å²) in [4.78, 5) is 27.3. The van der Waals surface area contributed by atoms with Crippen LogP contribution in [0.1, 0.15) is 89.5 Å². The number of anilines is 1. The Morgan fingerprint density at radius 1 is 1.15 bits per heavy atom. The molecule has 0 spiro atoms. The molecule has 4 aliphatic carbocycles. The number of nitrogens with zero attached hydrogens (tertiary/aromatic N) is 2. The number of ketones is 1. The molecule has 5 aliphatic rings. The topological polar surface area (TPSA) is 49.7 Å². The number of carbonyl (C=O) groups is 1. The summed E-state index contributed by atoms with van der Waals surface area (Å²) in [5, 5.41) is 3.26. The molecule has 1 aromatic carbocycles. The fraction of sp³-hybridized carbons (Fsp3) is 0.618. The minimum absolute atomic E-state index is 0.0177. The van der Waals surface area contributed by atoms with Crippen molar-refractivity contribution in [3.05, 3.63) is 57.5 Å². The van der Waals surface area contributed by atoms with Gasteiger partial charge in [0.2, 0.25) is 0 Å². The zero-order valence-electron chi connectivity index (χ0n) is 23.4. The molecular formula is C34H41FN2O2. The average molecular weight is 529 g/mol. The number of carbonyl (C=O) groups excluding carboxylic acids is 1. The highest BCUT2D eigenvalue weighted by Crippen LogP contribution is 2.66. The second-order valence-corrected chi connectivity index (χ2v) is 12.8. The van der Waals surface area contributed by atoms with Crippen LogP contribution in [-0.2, 0) is 4.79 Å². The number of fused-ring (bicyclic) bond motifs is 4. The van der Waals surface area contributed by atoms with Crippen LogP contribution >= 0.6 is 0 Å². The van der Waals surface area contributed by atoms with E-state index in [9.17, 15) is 9.70 Å². The summed E-state index contributed by atoms with van der Waals surface area (Å²) in [5.41, 5.74) is 5.70. The standard InChI is InChI=1S/C34H41FN2O2/c1-3-4-5-8-32(38)30-16-15-29-27-20-31(35)26-19-23(36-39)11-14-25(26)33(27)28(21-34(29,30)2)22-9-12-24(13-10-22)37-17-6-7-18-37/h9-10,12-13,19,23,27-31H,5-8,11,14-18,20-21H2,1-2H3/t23?,27-,28+,29-,30+,31?,34-/m0/s1. The smallest absolute Gasteiger partial charge is 0.137 e. The second-order valence-electron chi connectivity index (χ2n) is 12.8. The summed E-state index contributed by atoms with van der Waals surface area (Å²) in [6.45, 7) is 6.39. The van der Waals surface area contributed by atoms with Crippen molar-refractivity contribution < 1.29 is 9.18 Å². The Kier molecular flexibility index (Phi) is 7.25. The van der Waals surface area contributed by atoms with Crippen LogP contribution in [-0.4, -0.2) is 31.1 Å². The third kappa shape index (κ3) is 4.58. The van der Waals surface area contributed by atoms with Gasteiger partial charge in [-0.2, -0.15) is 4.91 Å². The van der Waals surface area contributed by atoms with Crippen molar-refractivity contribution in [1.29, 1.82) is 0 Å². The minimum atomic E-state index is -1.06. The lowest BCUT2D eigenvalue weighted by Crippen LogP contribution is -2.46. The van der Waals surface area contributed by atoms with Crippen molar-refractivity contribution in [2.45, 2.75) is 96.2 Å². The predicted octanol–water partition coefficient (Wildman–Crippen LogP) is 7.69. The van der Waals surface area contributed by atoms with Crippen LogP contribution in [0.4, 0.5) is 10.1 Å². The van der Waals surface area contributed by atoms with Crippen LogP contribution in [0, 0.1) is 39.9 Å². The fourth-order valence-electron chi connectivity index (χ4n) is 9.04. The Labute approximate surface area is 232 Å². The average Bonchev–Trinajstić information content (AvgIpc) is 3.61. The molecule has 0 radical (unpaired) electrons.